The van der Waals surface area contributed by atoms with Crippen LogP contribution in [0.1, 0.15) is 24.8 Å². The molecule has 0 spiro atoms. The summed E-state index contributed by atoms with van der Waals surface area (Å²) in [5.74, 6) is 0.265. The number of hydrogen-bond donors (Lipinski definition) is 2. The van der Waals surface area contributed by atoms with Crippen molar-refractivity contribution in [2.75, 3.05) is 13.1 Å². The number of likely N-dealkylation sites (tertiary alicyclic amines) is 1. The van der Waals surface area contributed by atoms with Crippen LogP contribution in [0.3, 0.4) is 0 Å². The molecule has 2 N–H and O–H groups in total. The molecule has 0 amide bonds. The van der Waals surface area contributed by atoms with Crippen LogP contribution in [-0.4, -0.2) is 33.1 Å². The van der Waals surface area contributed by atoms with Crippen molar-refractivity contribution in [2.45, 2.75) is 25.8 Å². The molecule has 29 heavy (non-hydrogen) atoms. The average Bonchev–Trinajstić information content (AvgIpc) is 3.18. The fourth-order valence-corrected chi connectivity index (χ4v) is 4.25. The first-order valence-corrected chi connectivity index (χ1v) is 10.3. The van der Waals surface area contributed by atoms with Gasteiger partial charge in [0.2, 0.25) is 0 Å². The van der Waals surface area contributed by atoms with Gasteiger partial charge in [0.1, 0.15) is 11.4 Å². The molecular formula is C25H25N3O. The average molecular weight is 383 g/mol. The standard InChI is InChI=1S/C25H25N3O/c29-22-6-4-5-20(13-22)21-14-23-24(16-27-25(23)26-15-21)19-9-7-18(8-10-19)17-28-11-2-1-3-12-28/h4-10,13-16,29H,1-3,11-12,17H2,(H,26,27). The maximum atomic E-state index is 9.79. The van der Waals surface area contributed by atoms with Gasteiger partial charge in [0.25, 0.3) is 0 Å². The molecule has 0 saturated carbocycles. The van der Waals surface area contributed by atoms with E-state index in [0.29, 0.717) is 0 Å². The van der Waals surface area contributed by atoms with E-state index in [1.165, 1.54) is 43.5 Å². The van der Waals surface area contributed by atoms with E-state index >= 15 is 0 Å². The Morgan fingerprint density at radius 2 is 1.72 bits per heavy atom. The minimum atomic E-state index is 0.265. The number of benzene rings is 2. The highest BCUT2D eigenvalue weighted by Gasteiger charge is 2.12. The number of aromatic hydroxyl groups is 1. The van der Waals surface area contributed by atoms with Crippen molar-refractivity contribution in [3.63, 3.8) is 0 Å². The van der Waals surface area contributed by atoms with Crippen LogP contribution >= 0.6 is 0 Å². The zero-order valence-electron chi connectivity index (χ0n) is 16.4. The second-order valence-corrected chi connectivity index (χ2v) is 7.91. The number of nitrogens with zero attached hydrogens (tertiary/aromatic N) is 2. The number of nitrogens with one attached hydrogen (secondary N) is 1. The van der Waals surface area contributed by atoms with Gasteiger partial charge >= 0.3 is 0 Å². The number of pyridine rings is 1. The summed E-state index contributed by atoms with van der Waals surface area (Å²) in [5.41, 5.74) is 6.54. The van der Waals surface area contributed by atoms with E-state index in [1.54, 1.807) is 12.1 Å². The van der Waals surface area contributed by atoms with Gasteiger partial charge in [-0.15, -0.1) is 0 Å². The van der Waals surface area contributed by atoms with Crippen LogP contribution < -0.4 is 0 Å². The van der Waals surface area contributed by atoms with Crippen LogP contribution in [-0.2, 0) is 6.54 Å². The van der Waals surface area contributed by atoms with Gasteiger partial charge in [-0.3, -0.25) is 4.90 Å². The van der Waals surface area contributed by atoms with Gasteiger partial charge in [-0.1, -0.05) is 42.8 Å². The number of hydrogen-bond acceptors (Lipinski definition) is 3. The Hall–Kier alpha value is -3.11. The molecule has 0 aliphatic carbocycles. The van der Waals surface area contributed by atoms with Crippen LogP contribution in [0.15, 0.2) is 67.0 Å². The van der Waals surface area contributed by atoms with Crippen molar-refractivity contribution < 1.29 is 5.11 Å². The Morgan fingerprint density at radius 1 is 0.897 bits per heavy atom. The van der Waals surface area contributed by atoms with E-state index in [2.05, 4.69) is 45.2 Å². The third-order valence-electron chi connectivity index (χ3n) is 5.83. The first kappa shape index (κ1) is 18.0. The van der Waals surface area contributed by atoms with E-state index in [0.717, 1.165) is 34.3 Å². The summed E-state index contributed by atoms with van der Waals surface area (Å²) in [6.45, 7) is 3.47. The van der Waals surface area contributed by atoms with Crippen molar-refractivity contribution >= 4 is 11.0 Å². The van der Waals surface area contributed by atoms with Crippen LogP contribution in [0.2, 0.25) is 0 Å². The lowest BCUT2D eigenvalue weighted by molar-refractivity contribution is 0.221. The largest absolute Gasteiger partial charge is 0.508 e. The Morgan fingerprint density at radius 3 is 2.52 bits per heavy atom. The summed E-state index contributed by atoms with van der Waals surface area (Å²) in [4.78, 5) is 10.4. The molecule has 4 heteroatoms. The van der Waals surface area contributed by atoms with Crippen molar-refractivity contribution in [1.82, 2.24) is 14.9 Å². The fraction of sp³-hybridized carbons (Fsp3) is 0.240. The molecule has 0 atom stereocenters. The monoisotopic (exact) mass is 383 g/mol. The molecule has 1 fully saturated rings. The van der Waals surface area contributed by atoms with Gasteiger partial charge in [-0.25, -0.2) is 4.98 Å². The lowest BCUT2D eigenvalue weighted by atomic mass is 10.0. The van der Waals surface area contributed by atoms with E-state index in [1.807, 2.05) is 24.5 Å². The Labute approximate surface area is 170 Å². The van der Waals surface area contributed by atoms with Crippen LogP contribution in [0.25, 0.3) is 33.3 Å². The molecule has 2 aromatic heterocycles. The summed E-state index contributed by atoms with van der Waals surface area (Å²) >= 11 is 0. The van der Waals surface area contributed by atoms with E-state index < -0.39 is 0 Å². The number of H-pyrrole nitrogens is 1. The summed E-state index contributed by atoms with van der Waals surface area (Å²) < 4.78 is 0. The van der Waals surface area contributed by atoms with Gasteiger partial charge in [-0.2, -0.15) is 0 Å². The SMILES string of the molecule is Oc1cccc(-c2cnc3[nH]cc(-c4ccc(CN5CCCCC5)cc4)c3c2)c1. The predicted molar refractivity (Wildman–Crippen MR) is 118 cm³/mol. The fourth-order valence-electron chi connectivity index (χ4n) is 4.25. The summed E-state index contributed by atoms with van der Waals surface area (Å²) in [6.07, 6.45) is 7.89. The van der Waals surface area contributed by atoms with Crippen LogP contribution in [0.5, 0.6) is 5.75 Å². The first-order valence-electron chi connectivity index (χ1n) is 10.3. The van der Waals surface area contributed by atoms with Gasteiger partial charge in [-0.05, 0) is 60.8 Å². The molecule has 1 saturated heterocycles. The van der Waals surface area contributed by atoms with Crippen molar-refractivity contribution in [3.05, 3.63) is 72.6 Å². The number of phenols is 1. The molecule has 1 aliphatic heterocycles. The van der Waals surface area contributed by atoms with Gasteiger partial charge in [0, 0.05) is 35.5 Å². The first-order chi connectivity index (χ1) is 14.3. The molecule has 4 aromatic rings. The second-order valence-electron chi connectivity index (χ2n) is 7.91. The van der Waals surface area contributed by atoms with Gasteiger partial charge in [0.15, 0.2) is 0 Å². The highest BCUT2D eigenvalue weighted by molar-refractivity contribution is 5.95. The lowest BCUT2D eigenvalue weighted by Crippen LogP contribution is -2.28. The maximum absolute atomic E-state index is 9.79. The molecular weight excluding hydrogens is 358 g/mol. The molecule has 0 radical (unpaired) electrons. The molecule has 146 valence electrons. The van der Waals surface area contributed by atoms with Crippen LogP contribution in [0.4, 0.5) is 0 Å². The van der Waals surface area contributed by atoms with Gasteiger partial charge in [0.05, 0.1) is 0 Å². The molecule has 1 aliphatic rings. The van der Waals surface area contributed by atoms with E-state index in [4.69, 9.17) is 0 Å². The number of piperidine rings is 1. The van der Waals surface area contributed by atoms with E-state index in [-0.39, 0.29) is 5.75 Å². The molecule has 0 bridgehead atoms. The quantitative estimate of drug-likeness (QED) is 0.483. The number of rotatable bonds is 4. The zero-order chi connectivity index (χ0) is 19.6. The van der Waals surface area contributed by atoms with Gasteiger partial charge < -0.3 is 10.1 Å². The lowest BCUT2D eigenvalue weighted by Gasteiger charge is -2.26. The van der Waals surface area contributed by atoms with E-state index in [9.17, 15) is 5.11 Å². The third kappa shape index (κ3) is 3.76. The molecule has 2 aromatic carbocycles. The summed E-state index contributed by atoms with van der Waals surface area (Å²) in [7, 11) is 0. The summed E-state index contributed by atoms with van der Waals surface area (Å²) in [6, 6.07) is 18.4. The molecule has 0 unspecified atom stereocenters. The minimum absolute atomic E-state index is 0.265. The second kappa shape index (κ2) is 7.72. The topological polar surface area (TPSA) is 52.2 Å². The molecule has 3 heterocycles. The van der Waals surface area contributed by atoms with Crippen molar-refractivity contribution in [2.24, 2.45) is 0 Å². The van der Waals surface area contributed by atoms with Crippen LogP contribution in [0, 0.1) is 0 Å². The highest BCUT2D eigenvalue weighted by atomic mass is 16.3. The Balaban J connectivity index is 1.44. The number of phenolic OH excluding ortho intramolecular Hbond substituents is 1. The molecule has 5 rings (SSSR count). The Kier molecular flexibility index (Phi) is 4.78. The summed E-state index contributed by atoms with van der Waals surface area (Å²) in [5, 5.41) is 10.9. The highest BCUT2D eigenvalue weighted by Crippen LogP contribution is 2.32. The smallest absolute Gasteiger partial charge is 0.137 e. The Bertz CT molecular complexity index is 1120. The normalized spacial score (nSPS) is 15.0. The maximum Gasteiger partial charge on any atom is 0.137 e. The van der Waals surface area contributed by atoms with Crippen molar-refractivity contribution in [1.29, 1.82) is 0 Å². The predicted octanol–water partition coefficient (Wildman–Crippen LogP) is 5.59. The zero-order valence-corrected chi connectivity index (χ0v) is 16.4. The third-order valence-corrected chi connectivity index (χ3v) is 5.83. The number of fused-ring (bicyclic) bond motifs is 1. The molecule has 4 nitrogen and oxygen atoms in total. The van der Waals surface area contributed by atoms with Crippen molar-refractivity contribution in [3.8, 4) is 28.0 Å². The minimum Gasteiger partial charge on any atom is -0.508 e. The number of aromatic amines is 1. The number of aromatic nitrogens is 2.